The maximum Gasteiger partial charge on any atom is 0.197 e. The number of hydrogen-bond acceptors (Lipinski definition) is 5. The van der Waals surface area contributed by atoms with E-state index in [2.05, 4.69) is 28.8 Å². The van der Waals surface area contributed by atoms with Gasteiger partial charge in [-0.15, -0.1) is 0 Å². The van der Waals surface area contributed by atoms with Gasteiger partial charge >= 0.3 is 0 Å². The Morgan fingerprint density at radius 1 is 1.09 bits per heavy atom. The van der Waals surface area contributed by atoms with Crippen LogP contribution < -0.4 is 9.47 Å². The van der Waals surface area contributed by atoms with E-state index < -0.39 is 10.8 Å². The summed E-state index contributed by atoms with van der Waals surface area (Å²) in [6.45, 7) is 7.06. The van der Waals surface area contributed by atoms with Gasteiger partial charge in [0.05, 0.1) is 47.0 Å². The predicted octanol–water partition coefficient (Wildman–Crippen LogP) is 5.88. The average Bonchev–Trinajstić information content (AvgIpc) is 3.22. The van der Waals surface area contributed by atoms with Gasteiger partial charge in [-0.05, 0) is 38.3 Å². The van der Waals surface area contributed by atoms with Crippen LogP contribution in [0.1, 0.15) is 69.2 Å². The lowest BCUT2D eigenvalue weighted by Crippen LogP contribution is -2.06. The lowest BCUT2D eigenvalue weighted by molar-refractivity contribution is 0.306. The molecular weight excluding hydrogens is 422 g/mol. The number of nitrogens with zero attached hydrogens (tertiary/aromatic N) is 2. The molecule has 6 nitrogen and oxygen atoms in total. The van der Waals surface area contributed by atoms with E-state index in [-0.39, 0.29) is 5.75 Å². The zero-order chi connectivity index (χ0) is 22.9. The van der Waals surface area contributed by atoms with Crippen molar-refractivity contribution in [3.05, 3.63) is 41.2 Å². The second-order valence-electron chi connectivity index (χ2n) is 8.11. The Bertz CT molecular complexity index is 1050. The number of imidazole rings is 1. The lowest BCUT2D eigenvalue weighted by atomic mass is 10.0. The number of aryl methyl sites for hydroxylation is 1. The highest BCUT2D eigenvalue weighted by Crippen LogP contribution is 2.28. The van der Waals surface area contributed by atoms with Crippen LogP contribution in [-0.4, -0.2) is 32.9 Å². The third-order valence-corrected chi connectivity index (χ3v) is 6.79. The smallest absolute Gasteiger partial charge is 0.197 e. The molecule has 0 fully saturated rings. The number of benzene rings is 1. The number of aromatic nitrogens is 3. The van der Waals surface area contributed by atoms with Gasteiger partial charge < -0.3 is 14.5 Å². The average molecular weight is 458 g/mol. The quantitative estimate of drug-likeness (QED) is 0.324. The first kappa shape index (κ1) is 24.2. The van der Waals surface area contributed by atoms with Crippen molar-refractivity contribution in [2.45, 2.75) is 76.6 Å². The largest absolute Gasteiger partial charge is 0.496 e. The third-order valence-electron chi connectivity index (χ3n) is 5.63. The molecule has 2 aromatic heterocycles. The highest BCUT2D eigenvalue weighted by Gasteiger charge is 2.17. The van der Waals surface area contributed by atoms with E-state index in [1.807, 2.05) is 31.3 Å². The molecule has 0 saturated carbocycles. The number of rotatable bonds is 13. The van der Waals surface area contributed by atoms with Crippen LogP contribution in [0.3, 0.4) is 0 Å². The van der Waals surface area contributed by atoms with Gasteiger partial charge in [0.1, 0.15) is 11.5 Å². The van der Waals surface area contributed by atoms with Crippen molar-refractivity contribution in [1.82, 2.24) is 15.0 Å². The van der Waals surface area contributed by atoms with Gasteiger partial charge in [-0.3, -0.25) is 9.19 Å². The molecule has 3 rings (SSSR count). The molecule has 0 spiro atoms. The van der Waals surface area contributed by atoms with Gasteiger partial charge in [0, 0.05) is 23.4 Å². The minimum absolute atomic E-state index is 0.289. The number of hydrogen-bond donors (Lipinski definition) is 1. The molecule has 0 amide bonds. The fourth-order valence-electron chi connectivity index (χ4n) is 3.75. The Morgan fingerprint density at radius 3 is 2.62 bits per heavy atom. The Labute approximate surface area is 193 Å². The normalized spacial score (nSPS) is 12.2. The van der Waals surface area contributed by atoms with E-state index in [1.54, 1.807) is 7.11 Å². The van der Waals surface area contributed by atoms with Gasteiger partial charge in [-0.25, -0.2) is 4.98 Å². The summed E-state index contributed by atoms with van der Waals surface area (Å²) >= 11 is 0. The van der Waals surface area contributed by atoms with Crippen LogP contribution in [0.2, 0.25) is 0 Å². The molecule has 0 aliphatic heterocycles. The number of nitrogens with one attached hydrogen (secondary N) is 1. The van der Waals surface area contributed by atoms with Crippen LogP contribution >= 0.6 is 0 Å². The Balaban J connectivity index is 1.72. The van der Waals surface area contributed by atoms with Crippen molar-refractivity contribution in [2.24, 2.45) is 0 Å². The van der Waals surface area contributed by atoms with E-state index in [4.69, 9.17) is 9.47 Å². The van der Waals surface area contributed by atoms with Crippen molar-refractivity contribution in [1.29, 1.82) is 0 Å². The molecule has 0 aliphatic carbocycles. The van der Waals surface area contributed by atoms with E-state index in [0.29, 0.717) is 11.8 Å². The summed E-state index contributed by atoms with van der Waals surface area (Å²) in [6, 6.07) is 5.74. The lowest BCUT2D eigenvalue weighted by Gasteiger charge is -2.14. The van der Waals surface area contributed by atoms with E-state index >= 15 is 0 Å². The Hall–Kier alpha value is -2.41. The number of fused-ring (bicyclic) bond motifs is 1. The summed E-state index contributed by atoms with van der Waals surface area (Å²) in [4.78, 5) is 12.3. The van der Waals surface area contributed by atoms with Crippen molar-refractivity contribution in [3.63, 3.8) is 0 Å². The van der Waals surface area contributed by atoms with Gasteiger partial charge in [-0.2, -0.15) is 0 Å². The molecule has 174 valence electrons. The van der Waals surface area contributed by atoms with Crippen molar-refractivity contribution in [2.75, 3.05) is 13.7 Å². The molecule has 2 heterocycles. The molecule has 7 heteroatoms. The molecular formula is C25H35N3O3S. The van der Waals surface area contributed by atoms with Gasteiger partial charge in [0.2, 0.25) is 0 Å². The zero-order valence-electron chi connectivity index (χ0n) is 19.7. The van der Waals surface area contributed by atoms with Crippen LogP contribution in [0.15, 0.2) is 29.6 Å². The SMILES string of the molecule is CCCCCOc1ccc2nc(S(=O)Cc3ncc(CCCCC)c(OC)c3C)[nH]c2c1. The summed E-state index contributed by atoms with van der Waals surface area (Å²) in [7, 11) is 0.347. The van der Waals surface area contributed by atoms with Gasteiger partial charge in [-0.1, -0.05) is 39.5 Å². The van der Waals surface area contributed by atoms with Crippen LogP contribution in [0, 0.1) is 6.92 Å². The monoisotopic (exact) mass is 457 g/mol. The Morgan fingerprint density at radius 2 is 1.88 bits per heavy atom. The molecule has 1 aromatic carbocycles. The molecule has 32 heavy (non-hydrogen) atoms. The number of unbranched alkanes of at least 4 members (excludes halogenated alkanes) is 4. The molecule has 0 saturated heterocycles. The number of aromatic amines is 1. The second kappa shape index (κ2) is 12.0. The maximum atomic E-state index is 13.1. The minimum Gasteiger partial charge on any atom is -0.496 e. The second-order valence-corrected chi connectivity index (χ2v) is 9.48. The van der Waals surface area contributed by atoms with Gasteiger partial charge in [0.25, 0.3) is 0 Å². The molecule has 3 aromatic rings. The highest BCUT2D eigenvalue weighted by molar-refractivity contribution is 7.84. The topological polar surface area (TPSA) is 77.1 Å². The van der Waals surface area contributed by atoms with Crippen LogP contribution in [0.5, 0.6) is 11.5 Å². The van der Waals surface area contributed by atoms with Gasteiger partial charge in [0.15, 0.2) is 5.16 Å². The van der Waals surface area contributed by atoms with Crippen molar-refractivity contribution >= 4 is 21.8 Å². The molecule has 1 unspecified atom stereocenters. The molecule has 0 aliphatic rings. The summed E-state index contributed by atoms with van der Waals surface area (Å²) < 4.78 is 24.6. The number of pyridine rings is 1. The third kappa shape index (κ3) is 6.09. The van der Waals surface area contributed by atoms with Crippen LogP contribution in [0.4, 0.5) is 0 Å². The minimum atomic E-state index is -1.34. The maximum absolute atomic E-state index is 13.1. The molecule has 1 N–H and O–H groups in total. The van der Waals surface area contributed by atoms with E-state index in [1.165, 1.54) is 19.3 Å². The first-order valence-electron chi connectivity index (χ1n) is 11.6. The summed E-state index contributed by atoms with van der Waals surface area (Å²) in [5.74, 6) is 1.95. The molecule has 1 atom stereocenters. The number of ether oxygens (including phenoxy) is 2. The van der Waals surface area contributed by atoms with Crippen LogP contribution in [-0.2, 0) is 23.0 Å². The molecule has 0 bridgehead atoms. The first-order chi connectivity index (χ1) is 15.6. The number of methoxy groups -OCH3 is 1. The van der Waals surface area contributed by atoms with Crippen molar-refractivity contribution in [3.8, 4) is 11.5 Å². The standard InChI is InChI=1S/C25H35N3O3S/c1-5-7-9-11-19-16-26-23(18(3)24(19)30-4)17-32(29)25-27-21-13-12-20(15-22(21)28-25)31-14-10-8-6-2/h12-13,15-16H,5-11,14,17H2,1-4H3,(H,27,28). The van der Waals surface area contributed by atoms with Crippen LogP contribution in [0.25, 0.3) is 11.0 Å². The number of H-pyrrole nitrogens is 1. The summed E-state index contributed by atoms with van der Waals surface area (Å²) in [6.07, 6.45) is 9.66. The summed E-state index contributed by atoms with van der Waals surface area (Å²) in [5.41, 5.74) is 4.45. The van der Waals surface area contributed by atoms with E-state index in [9.17, 15) is 4.21 Å². The highest BCUT2D eigenvalue weighted by atomic mass is 32.2. The van der Waals surface area contributed by atoms with E-state index in [0.717, 1.165) is 65.0 Å². The van der Waals surface area contributed by atoms with Crippen molar-refractivity contribution < 1.29 is 13.7 Å². The predicted molar refractivity (Wildman–Crippen MR) is 130 cm³/mol. The first-order valence-corrected chi connectivity index (χ1v) is 12.9. The zero-order valence-corrected chi connectivity index (χ0v) is 20.5. The fraction of sp³-hybridized carbons (Fsp3) is 0.520. The Kier molecular flexibility index (Phi) is 9.09. The summed E-state index contributed by atoms with van der Waals surface area (Å²) in [5, 5.41) is 0.454. The molecule has 0 radical (unpaired) electrons. The fourth-order valence-corrected chi connectivity index (χ4v) is 4.85.